The first-order valence-electron chi connectivity index (χ1n) is 8.32. The number of amides is 1. The number of rotatable bonds is 5. The third-order valence-electron chi connectivity index (χ3n) is 3.92. The van der Waals surface area contributed by atoms with Gasteiger partial charge in [0.15, 0.2) is 0 Å². The number of carbonyl (C=O) groups is 2. The van der Waals surface area contributed by atoms with Crippen LogP contribution >= 0.6 is 11.6 Å². The number of benzene rings is 2. The van der Waals surface area contributed by atoms with Gasteiger partial charge in [0.1, 0.15) is 0 Å². The van der Waals surface area contributed by atoms with Crippen molar-refractivity contribution in [2.24, 2.45) is 0 Å². The van der Waals surface area contributed by atoms with Gasteiger partial charge in [0.05, 0.1) is 23.9 Å². The van der Waals surface area contributed by atoms with Gasteiger partial charge < -0.3 is 15.4 Å². The van der Waals surface area contributed by atoms with Crippen LogP contribution in [0.15, 0.2) is 54.9 Å². The predicted molar refractivity (Wildman–Crippen MR) is 107 cm³/mol. The topological polar surface area (TPSA) is 93.2 Å². The molecule has 0 fully saturated rings. The number of hydrogen-bond donors (Lipinski definition) is 2. The van der Waals surface area contributed by atoms with Crippen molar-refractivity contribution in [1.82, 2.24) is 9.97 Å². The highest BCUT2D eigenvalue weighted by Gasteiger charge is 2.13. The molecule has 0 saturated heterocycles. The fraction of sp³-hybridized carbons (Fsp3) is 0.100. The molecule has 7 nitrogen and oxygen atoms in total. The highest BCUT2D eigenvalue weighted by atomic mass is 35.5. The average Bonchev–Trinajstić information content (AvgIpc) is 2.71. The number of nitrogens with one attached hydrogen (secondary N) is 2. The SMILES string of the molecule is COC(=O)c1ccccc1Nc1ncc(C(=O)Nc2ccc(C)c(Cl)c2)cn1. The van der Waals surface area contributed by atoms with E-state index in [0.29, 0.717) is 22.0 Å². The molecule has 0 saturated carbocycles. The van der Waals surface area contributed by atoms with E-state index in [1.165, 1.54) is 19.5 Å². The van der Waals surface area contributed by atoms with Crippen molar-refractivity contribution < 1.29 is 14.3 Å². The molecule has 8 heteroatoms. The van der Waals surface area contributed by atoms with Gasteiger partial charge in [-0.2, -0.15) is 0 Å². The Bertz CT molecular complexity index is 1020. The Balaban J connectivity index is 1.72. The maximum atomic E-state index is 12.3. The summed E-state index contributed by atoms with van der Waals surface area (Å²) in [7, 11) is 1.31. The first-order chi connectivity index (χ1) is 13.5. The molecule has 3 aromatic rings. The van der Waals surface area contributed by atoms with Crippen molar-refractivity contribution >= 4 is 40.8 Å². The summed E-state index contributed by atoms with van der Waals surface area (Å²) in [6, 6.07) is 12.1. The van der Waals surface area contributed by atoms with Gasteiger partial charge in [0.25, 0.3) is 5.91 Å². The van der Waals surface area contributed by atoms with Crippen molar-refractivity contribution in [2.75, 3.05) is 17.7 Å². The smallest absolute Gasteiger partial charge is 0.339 e. The van der Waals surface area contributed by atoms with Gasteiger partial charge in [-0.25, -0.2) is 14.8 Å². The summed E-state index contributed by atoms with van der Waals surface area (Å²) in [5, 5.41) is 6.25. The fourth-order valence-electron chi connectivity index (χ4n) is 2.38. The number of hydrogen-bond acceptors (Lipinski definition) is 6. The van der Waals surface area contributed by atoms with Crippen LogP contribution in [0, 0.1) is 6.92 Å². The molecule has 0 aliphatic carbocycles. The van der Waals surface area contributed by atoms with Gasteiger partial charge in [-0.1, -0.05) is 29.8 Å². The summed E-state index contributed by atoms with van der Waals surface area (Å²) >= 11 is 6.07. The molecule has 3 rings (SSSR count). The first kappa shape index (κ1) is 19.3. The Hall–Kier alpha value is -3.45. The van der Waals surface area contributed by atoms with Crippen LogP contribution in [0.3, 0.4) is 0 Å². The van der Waals surface area contributed by atoms with Gasteiger partial charge in [-0.3, -0.25) is 4.79 Å². The van der Waals surface area contributed by atoms with Crippen LogP contribution in [0.5, 0.6) is 0 Å². The molecule has 1 aromatic heterocycles. The lowest BCUT2D eigenvalue weighted by Gasteiger charge is -2.10. The van der Waals surface area contributed by atoms with Crippen LogP contribution < -0.4 is 10.6 Å². The number of methoxy groups -OCH3 is 1. The van der Waals surface area contributed by atoms with E-state index < -0.39 is 5.97 Å². The van der Waals surface area contributed by atoms with Crippen molar-refractivity contribution in [2.45, 2.75) is 6.92 Å². The minimum Gasteiger partial charge on any atom is -0.465 e. The second-order valence-electron chi connectivity index (χ2n) is 5.88. The summed E-state index contributed by atoms with van der Waals surface area (Å²) in [6.45, 7) is 1.88. The van der Waals surface area contributed by atoms with E-state index in [-0.39, 0.29) is 17.4 Å². The van der Waals surface area contributed by atoms with Crippen molar-refractivity contribution in [3.05, 3.63) is 76.6 Å². The van der Waals surface area contributed by atoms with Gasteiger partial charge in [-0.05, 0) is 36.8 Å². The van der Waals surface area contributed by atoms with E-state index in [2.05, 4.69) is 20.6 Å². The number of aryl methyl sites for hydroxylation is 1. The van der Waals surface area contributed by atoms with Crippen LogP contribution in [-0.4, -0.2) is 29.0 Å². The highest BCUT2D eigenvalue weighted by Crippen LogP contribution is 2.21. The first-order valence-corrected chi connectivity index (χ1v) is 8.69. The van der Waals surface area contributed by atoms with Gasteiger partial charge in [0.2, 0.25) is 5.95 Å². The summed E-state index contributed by atoms with van der Waals surface area (Å²) in [5.41, 5.74) is 2.64. The number of anilines is 3. The molecule has 0 radical (unpaired) electrons. The minimum atomic E-state index is -0.476. The molecule has 28 heavy (non-hydrogen) atoms. The molecule has 0 unspecified atom stereocenters. The number of nitrogens with zero attached hydrogens (tertiary/aromatic N) is 2. The second kappa shape index (κ2) is 8.49. The predicted octanol–water partition coefficient (Wildman–Crippen LogP) is 4.22. The number of carbonyl (C=O) groups excluding carboxylic acids is 2. The third-order valence-corrected chi connectivity index (χ3v) is 4.33. The second-order valence-corrected chi connectivity index (χ2v) is 6.28. The Morgan fingerprint density at radius 2 is 1.79 bits per heavy atom. The van der Waals surface area contributed by atoms with E-state index in [0.717, 1.165) is 5.56 Å². The fourth-order valence-corrected chi connectivity index (χ4v) is 2.56. The molecule has 0 spiro atoms. The Morgan fingerprint density at radius 1 is 1.07 bits per heavy atom. The molecule has 2 N–H and O–H groups in total. The monoisotopic (exact) mass is 396 g/mol. The van der Waals surface area contributed by atoms with E-state index in [1.54, 1.807) is 36.4 Å². The Kier molecular flexibility index (Phi) is 5.86. The Labute approximate surface area is 166 Å². The number of ether oxygens (including phenoxy) is 1. The molecule has 0 aliphatic rings. The molecule has 142 valence electrons. The van der Waals surface area contributed by atoms with Crippen molar-refractivity contribution in [1.29, 1.82) is 0 Å². The van der Waals surface area contributed by atoms with Crippen LogP contribution in [-0.2, 0) is 4.74 Å². The molecular formula is C20H17ClN4O3. The van der Waals surface area contributed by atoms with E-state index >= 15 is 0 Å². The van der Waals surface area contributed by atoms with Gasteiger partial charge in [0, 0.05) is 23.1 Å². The number of para-hydroxylation sites is 1. The average molecular weight is 397 g/mol. The normalized spacial score (nSPS) is 10.2. The molecule has 0 aliphatic heterocycles. The molecule has 0 bridgehead atoms. The largest absolute Gasteiger partial charge is 0.465 e. The quantitative estimate of drug-likeness (QED) is 0.627. The van der Waals surface area contributed by atoms with Crippen LogP contribution in [0.25, 0.3) is 0 Å². The number of esters is 1. The molecule has 0 atom stereocenters. The standard InChI is InChI=1S/C20H17ClN4O3/c1-12-7-8-14(9-16(12)21)24-18(26)13-10-22-20(23-11-13)25-17-6-4-3-5-15(17)19(27)28-2/h3-11H,1-2H3,(H,24,26)(H,22,23,25). The van der Waals surface area contributed by atoms with Crippen LogP contribution in [0.4, 0.5) is 17.3 Å². The van der Waals surface area contributed by atoms with Crippen molar-refractivity contribution in [3.63, 3.8) is 0 Å². The lowest BCUT2D eigenvalue weighted by molar-refractivity contribution is 0.0601. The zero-order chi connectivity index (χ0) is 20.1. The highest BCUT2D eigenvalue weighted by molar-refractivity contribution is 6.31. The minimum absolute atomic E-state index is 0.242. The maximum absolute atomic E-state index is 12.3. The zero-order valence-electron chi connectivity index (χ0n) is 15.2. The van der Waals surface area contributed by atoms with Gasteiger partial charge in [-0.15, -0.1) is 0 Å². The summed E-state index contributed by atoms with van der Waals surface area (Å²) < 4.78 is 4.76. The molecule has 2 aromatic carbocycles. The van der Waals surface area contributed by atoms with Crippen LogP contribution in [0.2, 0.25) is 5.02 Å². The summed E-state index contributed by atoms with van der Waals surface area (Å²) in [4.78, 5) is 32.4. The lowest BCUT2D eigenvalue weighted by atomic mass is 10.2. The summed E-state index contributed by atoms with van der Waals surface area (Å²) in [6.07, 6.45) is 2.78. The molecule has 1 heterocycles. The van der Waals surface area contributed by atoms with E-state index in [1.807, 2.05) is 13.0 Å². The van der Waals surface area contributed by atoms with Gasteiger partial charge >= 0.3 is 5.97 Å². The van der Waals surface area contributed by atoms with E-state index in [4.69, 9.17) is 16.3 Å². The zero-order valence-corrected chi connectivity index (χ0v) is 15.9. The third kappa shape index (κ3) is 4.44. The van der Waals surface area contributed by atoms with Crippen LogP contribution in [0.1, 0.15) is 26.3 Å². The Morgan fingerprint density at radius 3 is 2.46 bits per heavy atom. The maximum Gasteiger partial charge on any atom is 0.339 e. The summed E-state index contributed by atoms with van der Waals surface area (Å²) in [5.74, 6) is -0.594. The number of aromatic nitrogens is 2. The van der Waals surface area contributed by atoms with Crippen molar-refractivity contribution in [3.8, 4) is 0 Å². The molecule has 1 amide bonds. The number of halogens is 1. The lowest BCUT2D eigenvalue weighted by Crippen LogP contribution is -2.13. The molecular weight excluding hydrogens is 380 g/mol. The van der Waals surface area contributed by atoms with E-state index in [9.17, 15) is 9.59 Å².